The average Bonchev–Trinajstić information content (AvgIpc) is 2.47. The molecule has 1 aliphatic heterocycles. The summed E-state index contributed by atoms with van der Waals surface area (Å²) in [7, 11) is 0. The number of primary amides is 1. The predicted molar refractivity (Wildman–Crippen MR) is 78.3 cm³/mol. The number of esters is 1. The summed E-state index contributed by atoms with van der Waals surface area (Å²) in [4.78, 5) is 36.3. The van der Waals surface area contributed by atoms with Gasteiger partial charge in [0.2, 0.25) is 0 Å². The Morgan fingerprint density at radius 3 is 2.77 bits per heavy atom. The van der Waals surface area contributed by atoms with E-state index in [9.17, 15) is 14.4 Å². The molecule has 0 aromatic heterocycles. The molecular weight excluding hydrogens is 288 g/mol. The quantitative estimate of drug-likeness (QED) is 0.803. The van der Waals surface area contributed by atoms with E-state index in [1.807, 2.05) is 6.07 Å². The van der Waals surface area contributed by atoms with Gasteiger partial charge in [-0.15, -0.1) is 0 Å². The molecule has 2 N–H and O–H groups in total. The number of rotatable bonds is 5. The van der Waals surface area contributed by atoms with Gasteiger partial charge in [0.25, 0.3) is 11.8 Å². The average molecular weight is 306 g/mol. The van der Waals surface area contributed by atoms with Gasteiger partial charge in [0.05, 0.1) is 12.1 Å². The smallest absolute Gasteiger partial charge is 0.308 e. The van der Waals surface area contributed by atoms with Crippen molar-refractivity contribution in [3.63, 3.8) is 0 Å². The molecule has 0 saturated heterocycles. The summed E-state index contributed by atoms with van der Waals surface area (Å²) in [6.45, 7) is 3.20. The van der Waals surface area contributed by atoms with E-state index in [2.05, 4.69) is 0 Å². The first kappa shape index (κ1) is 15.8. The third kappa shape index (κ3) is 3.36. The summed E-state index contributed by atoms with van der Waals surface area (Å²) >= 11 is 0. The zero-order valence-corrected chi connectivity index (χ0v) is 12.4. The van der Waals surface area contributed by atoms with Crippen molar-refractivity contribution in [1.29, 1.82) is 0 Å². The number of anilines is 1. The fraction of sp³-hybridized carbons (Fsp3) is 0.400. The highest BCUT2D eigenvalue weighted by atomic mass is 16.5. The highest BCUT2D eigenvalue weighted by molar-refractivity contribution is 6.00. The summed E-state index contributed by atoms with van der Waals surface area (Å²) in [5, 5.41) is 0. The number of hydrogen-bond acceptors (Lipinski definition) is 5. The van der Waals surface area contributed by atoms with Crippen molar-refractivity contribution in [3.05, 3.63) is 24.3 Å². The molecule has 7 heteroatoms. The molecule has 1 aromatic carbocycles. The molecular formula is C15H18N2O5. The van der Waals surface area contributed by atoms with E-state index in [1.165, 1.54) is 11.8 Å². The second kappa shape index (κ2) is 6.46. The van der Waals surface area contributed by atoms with Gasteiger partial charge < -0.3 is 20.1 Å². The fourth-order valence-corrected chi connectivity index (χ4v) is 2.11. The predicted octanol–water partition coefficient (Wildman–Crippen LogP) is 0.608. The first-order chi connectivity index (χ1) is 10.4. The Bertz CT molecular complexity index is 601. The van der Waals surface area contributed by atoms with E-state index < -0.39 is 24.1 Å². The molecule has 0 aliphatic carbocycles. The van der Waals surface area contributed by atoms with E-state index in [1.54, 1.807) is 25.1 Å². The number of benzene rings is 1. The maximum absolute atomic E-state index is 12.2. The monoisotopic (exact) mass is 306 g/mol. The van der Waals surface area contributed by atoms with E-state index >= 15 is 0 Å². The highest BCUT2D eigenvalue weighted by Crippen LogP contribution is 2.33. The minimum absolute atomic E-state index is 0.0373. The molecule has 1 heterocycles. The van der Waals surface area contributed by atoms with Gasteiger partial charge in [-0.3, -0.25) is 14.4 Å². The number of nitrogens with zero attached hydrogens (tertiary/aromatic N) is 1. The number of hydrogen-bond donors (Lipinski definition) is 1. The summed E-state index contributed by atoms with van der Waals surface area (Å²) in [6.07, 6.45) is -1.64. The second-order valence-corrected chi connectivity index (χ2v) is 5.00. The third-order valence-corrected chi connectivity index (χ3v) is 3.32. The lowest BCUT2D eigenvalue weighted by Crippen LogP contribution is -2.45. The van der Waals surface area contributed by atoms with E-state index in [-0.39, 0.29) is 18.9 Å². The molecule has 118 valence electrons. The molecule has 1 aliphatic rings. The first-order valence-electron chi connectivity index (χ1n) is 6.96. The van der Waals surface area contributed by atoms with Crippen molar-refractivity contribution in [2.75, 3.05) is 11.4 Å². The SMILES string of the molecule is CC(OC(=O)CCN1C(=O)C(C)Oc2ccccc21)C(N)=O. The number of amides is 2. The number of ether oxygens (including phenoxy) is 2. The van der Waals surface area contributed by atoms with Gasteiger partial charge >= 0.3 is 5.97 Å². The highest BCUT2D eigenvalue weighted by Gasteiger charge is 2.31. The Labute approximate surface area is 128 Å². The number of carbonyl (C=O) groups excluding carboxylic acids is 3. The van der Waals surface area contributed by atoms with Gasteiger partial charge in [-0.1, -0.05) is 12.1 Å². The summed E-state index contributed by atoms with van der Waals surface area (Å²) < 4.78 is 10.4. The topological polar surface area (TPSA) is 98.9 Å². The van der Waals surface area contributed by atoms with Crippen LogP contribution in [0, 0.1) is 0 Å². The summed E-state index contributed by atoms with van der Waals surface area (Å²) in [6, 6.07) is 7.10. The number of nitrogens with two attached hydrogens (primary N) is 1. The molecule has 0 radical (unpaired) electrons. The number of fused-ring (bicyclic) bond motifs is 1. The molecule has 2 unspecified atom stereocenters. The van der Waals surface area contributed by atoms with Crippen LogP contribution in [0.3, 0.4) is 0 Å². The normalized spacial score (nSPS) is 18.2. The maximum atomic E-state index is 12.2. The lowest BCUT2D eigenvalue weighted by atomic mass is 10.2. The molecule has 2 amide bonds. The number of carbonyl (C=O) groups is 3. The maximum Gasteiger partial charge on any atom is 0.308 e. The molecule has 2 rings (SSSR count). The Morgan fingerprint density at radius 1 is 1.41 bits per heavy atom. The van der Waals surface area contributed by atoms with Crippen molar-refractivity contribution >= 4 is 23.5 Å². The van der Waals surface area contributed by atoms with Crippen LogP contribution in [0.4, 0.5) is 5.69 Å². The van der Waals surface area contributed by atoms with Gasteiger partial charge in [-0.05, 0) is 26.0 Å². The molecule has 0 spiro atoms. The van der Waals surface area contributed by atoms with Crippen molar-refractivity contribution < 1.29 is 23.9 Å². The lowest BCUT2D eigenvalue weighted by Gasteiger charge is -2.32. The van der Waals surface area contributed by atoms with Crippen LogP contribution in [0.2, 0.25) is 0 Å². The van der Waals surface area contributed by atoms with Gasteiger partial charge in [0.15, 0.2) is 12.2 Å². The van der Waals surface area contributed by atoms with Crippen LogP contribution in [-0.2, 0) is 19.1 Å². The first-order valence-corrected chi connectivity index (χ1v) is 6.96. The Hall–Kier alpha value is -2.57. The van der Waals surface area contributed by atoms with Crippen LogP contribution in [-0.4, -0.2) is 36.5 Å². The number of para-hydroxylation sites is 2. The van der Waals surface area contributed by atoms with E-state index in [0.29, 0.717) is 11.4 Å². The summed E-state index contributed by atoms with van der Waals surface area (Å²) in [5.41, 5.74) is 5.64. The standard InChI is InChI=1S/C15H18N2O5/c1-9(14(16)19)22-13(18)7-8-17-11-5-3-4-6-12(11)21-10(2)15(17)20/h3-6,9-10H,7-8H2,1-2H3,(H2,16,19). The van der Waals surface area contributed by atoms with Crippen LogP contribution < -0.4 is 15.4 Å². The molecule has 0 saturated carbocycles. The van der Waals surface area contributed by atoms with E-state index in [0.717, 1.165) is 0 Å². The zero-order valence-electron chi connectivity index (χ0n) is 12.4. The van der Waals surface area contributed by atoms with Crippen LogP contribution in [0.25, 0.3) is 0 Å². The van der Waals surface area contributed by atoms with Gasteiger partial charge in [0.1, 0.15) is 5.75 Å². The van der Waals surface area contributed by atoms with Crippen molar-refractivity contribution in [3.8, 4) is 5.75 Å². The van der Waals surface area contributed by atoms with Gasteiger partial charge in [0, 0.05) is 6.54 Å². The Kier molecular flexibility index (Phi) is 4.65. The molecule has 0 fully saturated rings. The lowest BCUT2D eigenvalue weighted by molar-refractivity contribution is -0.153. The van der Waals surface area contributed by atoms with Crippen LogP contribution in [0.15, 0.2) is 24.3 Å². The minimum Gasteiger partial charge on any atom is -0.479 e. The Morgan fingerprint density at radius 2 is 2.09 bits per heavy atom. The second-order valence-electron chi connectivity index (χ2n) is 5.00. The fourth-order valence-electron chi connectivity index (χ4n) is 2.11. The largest absolute Gasteiger partial charge is 0.479 e. The zero-order chi connectivity index (χ0) is 16.3. The molecule has 1 aromatic rings. The van der Waals surface area contributed by atoms with Crippen molar-refractivity contribution in [2.45, 2.75) is 32.5 Å². The van der Waals surface area contributed by atoms with Crippen LogP contribution >= 0.6 is 0 Å². The van der Waals surface area contributed by atoms with Crippen LogP contribution in [0.1, 0.15) is 20.3 Å². The molecule has 2 atom stereocenters. The van der Waals surface area contributed by atoms with Crippen LogP contribution in [0.5, 0.6) is 5.75 Å². The summed E-state index contributed by atoms with van der Waals surface area (Å²) in [5.74, 6) is -0.937. The molecule has 0 bridgehead atoms. The van der Waals surface area contributed by atoms with Gasteiger partial charge in [-0.25, -0.2) is 0 Å². The third-order valence-electron chi connectivity index (χ3n) is 3.32. The van der Waals surface area contributed by atoms with E-state index in [4.69, 9.17) is 15.2 Å². The minimum atomic E-state index is -0.987. The molecule has 22 heavy (non-hydrogen) atoms. The molecule has 7 nitrogen and oxygen atoms in total. The Balaban J connectivity index is 2.04. The van der Waals surface area contributed by atoms with Gasteiger partial charge in [-0.2, -0.15) is 0 Å². The van der Waals surface area contributed by atoms with Crippen molar-refractivity contribution in [1.82, 2.24) is 0 Å². The van der Waals surface area contributed by atoms with Crippen molar-refractivity contribution in [2.24, 2.45) is 5.73 Å².